The maximum absolute atomic E-state index is 12.2. The summed E-state index contributed by atoms with van der Waals surface area (Å²) in [6.45, 7) is 3.63. The van der Waals surface area contributed by atoms with Crippen molar-refractivity contribution in [3.63, 3.8) is 0 Å². The van der Waals surface area contributed by atoms with Gasteiger partial charge in [0.05, 0.1) is 5.02 Å². The topological polar surface area (TPSA) is 41.6 Å². The summed E-state index contributed by atoms with van der Waals surface area (Å²) in [6.07, 6.45) is 3.86. The van der Waals surface area contributed by atoms with E-state index in [0.29, 0.717) is 22.3 Å². The van der Waals surface area contributed by atoms with E-state index in [1.807, 2.05) is 6.07 Å². The number of nitrogens with zero attached hydrogens (tertiary/aromatic N) is 1. The van der Waals surface area contributed by atoms with Crippen LogP contribution >= 0.6 is 23.2 Å². The summed E-state index contributed by atoms with van der Waals surface area (Å²) in [6, 6.07) is 13.2. The third kappa shape index (κ3) is 6.13. The van der Waals surface area contributed by atoms with E-state index < -0.39 is 0 Å². The second-order valence-electron chi connectivity index (χ2n) is 6.75. The van der Waals surface area contributed by atoms with E-state index in [1.165, 1.54) is 24.8 Å². The Morgan fingerprint density at radius 3 is 2.52 bits per heavy atom. The lowest BCUT2D eigenvalue weighted by molar-refractivity contribution is -0.123. The van der Waals surface area contributed by atoms with Crippen molar-refractivity contribution in [2.75, 3.05) is 19.7 Å². The second-order valence-corrected chi connectivity index (χ2v) is 7.59. The number of rotatable bonds is 7. The highest BCUT2D eigenvalue weighted by Gasteiger charge is 2.13. The molecule has 0 saturated carbocycles. The molecule has 6 heteroatoms. The Morgan fingerprint density at radius 1 is 1.04 bits per heavy atom. The monoisotopic (exact) mass is 406 g/mol. The quantitative estimate of drug-likeness (QED) is 0.725. The molecule has 0 unspecified atom stereocenters. The first-order chi connectivity index (χ1) is 13.1. The molecule has 4 nitrogen and oxygen atoms in total. The lowest BCUT2D eigenvalue weighted by atomic mass is 10.0. The number of likely N-dealkylation sites (tertiary alicyclic amines) is 1. The van der Waals surface area contributed by atoms with E-state index in [0.717, 1.165) is 25.2 Å². The van der Waals surface area contributed by atoms with Crippen LogP contribution < -0.4 is 10.1 Å². The molecular formula is C21H24Cl2N2O2. The van der Waals surface area contributed by atoms with Gasteiger partial charge in [-0.1, -0.05) is 53.9 Å². The number of carbonyl (C=O) groups is 1. The van der Waals surface area contributed by atoms with Crippen molar-refractivity contribution in [2.45, 2.75) is 32.4 Å². The number of hydrogen-bond acceptors (Lipinski definition) is 3. The van der Waals surface area contributed by atoms with Gasteiger partial charge < -0.3 is 10.1 Å². The van der Waals surface area contributed by atoms with E-state index in [4.69, 9.17) is 27.9 Å². The smallest absolute Gasteiger partial charge is 0.258 e. The minimum absolute atomic E-state index is 0.0877. The summed E-state index contributed by atoms with van der Waals surface area (Å²) < 4.78 is 5.48. The van der Waals surface area contributed by atoms with Gasteiger partial charge in [0, 0.05) is 18.1 Å². The van der Waals surface area contributed by atoms with Crippen LogP contribution in [0.15, 0.2) is 42.5 Å². The van der Waals surface area contributed by atoms with Gasteiger partial charge in [0.1, 0.15) is 5.75 Å². The average molecular weight is 407 g/mol. The van der Waals surface area contributed by atoms with Crippen molar-refractivity contribution in [1.82, 2.24) is 10.2 Å². The van der Waals surface area contributed by atoms with Gasteiger partial charge in [-0.15, -0.1) is 0 Å². The molecule has 2 aromatic carbocycles. The van der Waals surface area contributed by atoms with Gasteiger partial charge in [-0.05, 0) is 55.3 Å². The van der Waals surface area contributed by atoms with Crippen LogP contribution in [0, 0.1) is 0 Å². The van der Waals surface area contributed by atoms with Gasteiger partial charge in [-0.2, -0.15) is 0 Å². The number of nitrogens with one attached hydrogen (secondary N) is 1. The van der Waals surface area contributed by atoms with Crippen molar-refractivity contribution >= 4 is 29.1 Å². The summed E-state index contributed by atoms with van der Waals surface area (Å²) in [5.74, 6) is 0.260. The Morgan fingerprint density at radius 2 is 1.78 bits per heavy atom. The first kappa shape index (κ1) is 20.0. The molecule has 0 bridgehead atoms. The average Bonchev–Trinajstić information content (AvgIpc) is 2.67. The van der Waals surface area contributed by atoms with Crippen molar-refractivity contribution in [3.05, 3.63) is 63.6 Å². The normalized spacial score (nSPS) is 14.7. The molecule has 0 aromatic heterocycles. The second kappa shape index (κ2) is 9.98. The first-order valence-corrected chi connectivity index (χ1v) is 10.0. The molecular weight excluding hydrogens is 383 g/mol. The molecule has 1 N–H and O–H groups in total. The highest BCUT2D eigenvalue weighted by molar-refractivity contribution is 6.35. The zero-order valence-corrected chi connectivity index (χ0v) is 16.7. The molecule has 27 heavy (non-hydrogen) atoms. The highest BCUT2D eigenvalue weighted by Crippen LogP contribution is 2.27. The standard InChI is InChI=1S/C21H24Cl2N2O2/c22-18-8-9-20(19(23)12-18)27-15-21(26)24-13-16-6-2-3-7-17(16)14-25-10-4-1-5-11-25/h2-3,6-9,12H,1,4-5,10-11,13-15H2,(H,24,26). The van der Waals surface area contributed by atoms with Gasteiger partial charge in [0.15, 0.2) is 6.61 Å². The molecule has 2 aromatic rings. The maximum atomic E-state index is 12.2. The molecule has 1 aliphatic heterocycles. The van der Waals surface area contributed by atoms with Crippen LogP contribution in [0.3, 0.4) is 0 Å². The zero-order chi connectivity index (χ0) is 19.1. The molecule has 0 spiro atoms. The van der Waals surface area contributed by atoms with Crippen LogP contribution in [-0.2, 0) is 17.9 Å². The fourth-order valence-corrected chi connectivity index (χ4v) is 3.69. The minimum atomic E-state index is -0.186. The van der Waals surface area contributed by atoms with Crippen LogP contribution in [0.2, 0.25) is 10.0 Å². The molecule has 0 aliphatic carbocycles. The SMILES string of the molecule is O=C(COc1ccc(Cl)cc1Cl)NCc1ccccc1CN1CCCCC1. The number of benzene rings is 2. The Labute approximate surface area is 170 Å². The molecule has 1 amide bonds. The molecule has 1 aliphatic rings. The van der Waals surface area contributed by atoms with Crippen molar-refractivity contribution in [3.8, 4) is 5.75 Å². The Kier molecular flexibility index (Phi) is 7.39. The number of halogens is 2. The molecule has 1 saturated heterocycles. The molecule has 144 valence electrons. The van der Waals surface area contributed by atoms with Crippen molar-refractivity contribution < 1.29 is 9.53 Å². The minimum Gasteiger partial charge on any atom is -0.482 e. The fourth-order valence-electron chi connectivity index (χ4n) is 3.22. The van der Waals surface area contributed by atoms with Gasteiger partial charge in [-0.25, -0.2) is 0 Å². The van der Waals surface area contributed by atoms with E-state index in [9.17, 15) is 4.79 Å². The van der Waals surface area contributed by atoms with Crippen LogP contribution in [0.4, 0.5) is 0 Å². The first-order valence-electron chi connectivity index (χ1n) is 9.25. The lowest BCUT2D eigenvalue weighted by Crippen LogP contribution is -2.31. The molecule has 1 heterocycles. The van der Waals surface area contributed by atoms with E-state index in [-0.39, 0.29) is 12.5 Å². The summed E-state index contributed by atoms with van der Waals surface area (Å²) in [7, 11) is 0. The Hall–Kier alpha value is -1.75. The zero-order valence-electron chi connectivity index (χ0n) is 15.2. The Balaban J connectivity index is 1.51. The third-order valence-corrected chi connectivity index (χ3v) is 5.22. The summed E-state index contributed by atoms with van der Waals surface area (Å²) in [4.78, 5) is 14.6. The largest absolute Gasteiger partial charge is 0.482 e. The summed E-state index contributed by atoms with van der Waals surface area (Å²) in [5, 5.41) is 3.85. The van der Waals surface area contributed by atoms with Crippen LogP contribution in [0.25, 0.3) is 0 Å². The van der Waals surface area contributed by atoms with Gasteiger partial charge in [-0.3, -0.25) is 9.69 Å². The highest BCUT2D eigenvalue weighted by atomic mass is 35.5. The lowest BCUT2D eigenvalue weighted by Gasteiger charge is -2.27. The van der Waals surface area contributed by atoms with Crippen LogP contribution in [-0.4, -0.2) is 30.5 Å². The van der Waals surface area contributed by atoms with E-state index >= 15 is 0 Å². The van der Waals surface area contributed by atoms with Crippen molar-refractivity contribution in [1.29, 1.82) is 0 Å². The van der Waals surface area contributed by atoms with Crippen molar-refractivity contribution in [2.24, 2.45) is 0 Å². The predicted octanol–water partition coefficient (Wildman–Crippen LogP) is 4.67. The predicted molar refractivity (Wildman–Crippen MR) is 109 cm³/mol. The van der Waals surface area contributed by atoms with E-state index in [2.05, 4.69) is 28.4 Å². The fraction of sp³-hybridized carbons (Fsp3) is 0.381. The number of hydrogen-bond donors (Lipinski definition) is 1. The van der Waals surface area contributed by atoms with Crippen LogP contribution in [0.1, 0.15) is 30.4 Å². The molecule has 3 rings (SSSR count). The summed E-state index contributed by atoms with van der Waals surface area (Å²) >= 11 is 11.9. The molecule has 0 atom stereocenters. The van der Waals surface area contributed by atoms with Gasteiger partial charge >= 0.3 is 0 Å². The number of carbonyl (C=O) groups excluding carboxylic acids is 1. The van der Waals surface area contributed by atoms with Crippen LogP contribution in [0.5, 0.6) is 5.75 Å². The summed E-state index contributed by atoms with van der Waals surface area (Å²) in [5.41, 5.74) is 2.40. The van der Waals surface area contributed by atoms with Gasteiger partial charge in [0.2, 0.25) is 0 Å². The third-order valence-electron chi connectivity index (χ3n) is 4.69. The molecule has 1 fully saturated rings. The number of ether oxygens (including phenoxy) is 1. The number of amides is 1. The number of piperidine rings is 1. The molecule has 0 radical (unpaired) electrons. The van der Waals surface area contributed by atoms with Gasteiger partial charge in [0.25, 0.3) is 5.91 Å². The van der Waals surface area contributed by atoms with E-state index in [1.54, 1.807) is 18.2 Å². The Bertz CT molecular complexity index is 777. The maximum Gasteiger partial charge on any atom is 0.258 e.